The van der Waals surface area contributed by atoms with Crippen molar-refractivity contribution in [3.05, 3.63) is 6.92 Å². The Balaban J connectivity index is 0. The van der Waals surface area contributed by atoms with Crippen molar-refractivity contribution in [2.45, 2.75) is 0 Å². The van der Waals surface area contributed by atoms with Crippen LogP contribution in [0.4, 0.5) is 0 Å². The molecule has 0 aliphatic rings. The van der Waals surface area contributed by atoms with E-state index in [1.807, 2.05) is 0 Å². The summed E-state index contributed by atoms with van der Waals surface area (Å²) in [6, 6.07) is 0. The molecule has 0 aliphatic heterocycles. The summed E-state index contributed by atoms with van der Waals surface area (Å²) in [5.41, 5.74) is 0. The number of rotatable bonds is 0. The summed E-state index contributed by atoms with van der Waals surface area (Å²) in [6.07, 6.45) is 0. The molecule has 0 saturated heterocycles. The summed E-state index contributed by atoms with van der Waals surface area (Å²) in [4.78, 5) is 9.20. The molecule has 5 heavy (non-hydrogen) atoms. The van der Waals surface area contributed by atoms with Crippen molar-refractivity contribution >= 4 is 17.7 Å². The van der Waals surface area contributed by atoms with Gasteiger partial charge in [0.2, 0.25) is 0 Å². The van der Waals surface area contributed by atoms with Crippen LogP contribution < -0.4 is 29.6 Å². The quantitative estimate of drug-likeness (QED) is 0.198. The van der Waals surface area contributed by atoms with Gasteiger partial charge in [-0.05, 0) is 0 Å². The third-order valence-electron chi connectivity index (χ3n) is 0. The van der Waals surface area contributed by atoms with Crippen LogP contribution in [0.5, 0.6) is 0 Å². The van der Waals surface area contributed by atoms with Crippen LogP contribution in [0.2, 0.25) is 0 Å². The van der Waals surface area contributed by atoms with Gasteiger partial charge < -0.3 is 11.7 Å². The van der Waals surface area contributed by atoms with Crippen molar-refractivity contribution < 1.29 is 34.4 Å². The third kappa shape index (κ3) is 51.6. The van der Waals surface area contributed by atoms with Gasteiger partial charge in [0.15, 0.2) is 0 Å². The second-order valence-corrected chi connectivity index (χ2v) is 0.893. The first-order valence-electron chi connectivity index (χ1n) is 0.781. The van der Waals surface area contributed by atoms with E-state index in [0.717, 1.165) is 0 Å². The van der Waals surface area contributed by atoms with E-state index < -0.39 is 0 Å². The normalized spacial score (nSPS) is 5.00. The predicted octanol–water partition coefficient (Wildman–Crippen LogP) is -2.72. The molecule has 0 unspecified atom stereocenters. The number of carbonyl (C=O) groups is 1. The van der Waals surface area contributed by atoms with Crippen LogP contribution in [0, 0.1) is 6.92 Å². The summed E-state index contributed by atoms with van der Waals surface area (Å²) in [5, 5.41) is -0.389. The van der Waals surface area contributed by atoms with E-state index in [9.17, 15) is 4.79 Å². The van der Waals surface area contributed by atoms with E-state index in [2.05, 4.69) is 19.6 Å². The average molecular weight is 98.1 g/mol. The summed E-state index contributed by atoms with van der Waals surface area (Å²) in [6.45, 7) is 2.86. The Kier molecular flexibility index (Phi) is 9.10. The minimum Gasteiger partial charge on any atom is -0.329 e. The van der Waals surface area contributed by atoms with Gasteiger partial charge in [-0.3, -0.25) is 0 Å². The van der Waals surface area contributed by atoms with Crippen molar-refractivity contribution in [1.29, 1.82) is 0 Å². The van der Waals surface area contributed by atoms with E-state index in [-0.39, 0.29) is 34.7 Å². The number of carbonyl (C=O) groups excluding carboxylic acids is 1. The van der Waals surface area contributed by atoms with Crippen LogP contribution in [-0.2, 0) is 4.79 Å². The van der Waals surface area contributed by atoms with E-state index in [1.165, 1.54) is 0 Å². The fourth-order valence-electron chi connectivity index (χ4n) is 0. The molecule has 1 nitrogen and oxygen atoms in total. The molecular weight excluding hydrogens is 95.1 g/mol. The molecule has 0 bridgehead atoms. The Morgan fingerprint density at radius 1 is 1.80 bits per heavy atom. The summed E-state index contributed by atoms with van der Waals surface area (Å²) < 4.78 is 0. The van der Waals surface area contributed by atoms with Gasteiger partial charge in [-0.1, -0.05) is 0 Å². The first kappa shape index (κ1) is 9.31. The molecule has 0 aromatic rings. The minimum absolute atomic E-state index is 0. The molecule has 0 saturated carbocycles. The van der Waals surface area contributed by atoms with Crippen molar-refractivity contribution in [3.63, 3.8) is 0 Å². The molecule has 0 amide bonds. The van der Waals surface area contributed by atoms with E-state index >= 15 is 0 Å². The van der Waals surface area contributed by atoms with Crippen LogP contribution in [0.15, 0.2) is 0 Å². The predicted molar refractivity (Wildman–Crippen MR) is 19.3 cm³/mol. The van der Waals surface area contributed by atoms with Gasteiger partial charge in [-0.2, -0.15) is 0 Å². The van der Waals surface area contributed by atoms with Crippen LogP contribution in [0.25, 0.3) is 0 Å². The minimum atomic E-state index is -0.389. The van der Waals surface area contributed by atoms with Gasteiger partial charge in [-0.25, -0.2) is 0 Å². The molecule has 0 rings (SSSR count). The fraction of sp³-hybridized carbons (Fsp3) is 0. The zero-order chi connectivity index (χ0) is 3.58. The Morgan fingerprint density at radius 2 is 1.80 bits per heavy atom. The SMILES string of the molecule is [CH2-]C(=O)S.[Na+]. The smallest absolute Gasteiger partial charge is 0.329 e. The van der Waals surface area contributed by atoms with E-state index in [0.29, 0.717) is 0 Å². The zero-order valence-electron chi connectivity index (χ0n) is 3.06. The Hall–Kier alpha value is 0.890. The molecule has 0 aromatic heterocycles. The van der Waals surface area contributed by atoms with Crippen LogP contribution >= 0.6 is 12.6 Å². The van der Waals surface area contributed by atoms with Crippen molar-refractivity contribution in [2.24, 2.45) is 0 Å². The topological polar surface area (TPSA) is 17.1 Å². The molecule has 0 atom stereocenters. The third-order valence-corrected chi connectivity index (χ3v) is 0. The molecule has 0 heterocycles. The van der Waals surface area contributed by atoms with Gasteiger partial charge >= 0.3 is 29.6 Å². The maximum Gasteiger partial charge on any atom is 1.00 e. The molecule has 0 fully saturated rings. The number of thiol groups is 1. The first-order chi connectivity index (χ1) is 1.73. The standard InChI is InChI=1S/C2H3OS.Na/c1-2(3)4;/h1H2,(H,3,4);/q-1;+1. The van der Waals surface area contributed by atoms with Gasteiger partial charge in [0.25, 0.3) is 0 Å². The van der Waals surface area contributed by atoms with Crippen LogP contribution in [0.3, 0.4) is 0 Å². The molecule has 24 valence electrons. The molecule has 0 N–H and O–H groups in total. The van der Waals surface area contributed by atoms with E-state index in [1.54, 1.807) is 0 Å². The fourth-order valence-corrected chi connectivity index (χ4v) is 0. The summed E-state index contributed by atoms with van der Waals surface area (Å²) in [5.74, 6) is 0. The Labute approximate surface area is 58.8 Å². The summed E-state index contributed by atoms with van der Waals surface area (Å²) in [7, 11) is 0. The van der Waals surface area contributed by atoms with Gasteiger partial charge in [-0.15, -0.1) is 12.6 Å². The average Bonchev–Trinajstić information content (AvgIpc) is 0.811. The van der Waals surface area contributed by atoms with E-state index in [4.69, 9.17) is 0 Å². The molecule has 0 radical (unpaired) electrons. The first-order valence-corrected chi connectivity index (χ1v) is 1.23. The largest absolute Gasteiger partial charge is 1.00 e. The van der Waals surface area contributed by atoms with Gasteiger partial charge in [0, 0.05) is 5.12 Å². The molecule has 3 heteroatoms. The molecule has 0 aromatic carbocycles. The van der Waals surface area contributed by atoms with Crippen molar-refractivity contribution in [2.75, 3.05) is 0 Å². The number of hydrogen-bond donors (Lipinski definition) is 1. The molecular formula is C2H3NaOS. The van der Waals surface area contributed by atoms with Crippen molar-refractivity contribution in [1.82, 2.24) is 0 Å². The summed E-state index contributed by atoms with van der Waals surface area (Å²) >= 11 is 3.22. The number of hydrogen-bond acceptors (Lipinski definition) is 1. The maximum atomic E-state index is 9.20. The van der Waals surface area contributed by atoms with Gasteiger partial charge in [0.05, 0.1) is 0 Å². The zero-order valence-corrected chi connectivity index (χ0v) is 5.96. The molecule has 0 aliphatic carbocycles. The monoisotopic (exact) mass is 98.0 g/mol. The van der Waals surface area contributed by atoms with Crippen molar-refractivity contribution in [3.8, 4) is 0 Å². The van der Waals surface area contributed by atoms with Gasteiger partial charge in [0.1, 0.15) is 0 Å². The Bertz CT molecular complexity index is 32.6. The maximum absolute atomic E-state index is 9.20. The molecule has 0 spiro atoms. The second kappa shape index (κ2) is 4.89. The Morgan fingerprint density at radius 3 is 1.80 bits per heavy atom. The van der Waals surface area contributed by atoms with Crippen LogP contribution in [0.1, 0.15) is 0 Å². The van der Waals surface area contributed by atoms with Crippen LogP contribution in [-0.4, -0.2) is 5.12 Å². The second-order valence-electron chi connectivity index (χ2n) is 0.394.